The Morgan fingerprint density at radius 3 is 2.65 bits per heavy atom. The summed E-state index contributed by atoms with van der Waals surface area (Å²) >= 11 is 0. The van der Waals surface area contributed by atoms with E-state index in [2.05, 4.69) is 13.8 Å². The van der Waals surface area contributed by atoms with Gasteiger partial charge in [0.25, 0.3) is 0 Å². The van der Waals surface area contributed by atoms with Crippen molar-refractivity contribution in [2.75, 3.05) is 7.11 Å². The van der Waals surface area contributed by atoms with E-state index in [0.29, 0.717) is 5.92 Å². The Labute approximate surface area is 102 Å². The second kappa shape index (κ2) is 6.28. The quantitative estimate of drug-likeness (QED) is 0.824. The third kappa shape index (κ3) is 4.47. The smallest absolute Gasteiger partial charge is 0.303 e. The van der Waals surface area contributed by atoms with Crippen molar-refractivity contribution in [1.29, 1.82) is 0 Å². The summed E-state index contributed by atoms with van der Waals surface area (Å²) in [6.45, 7) is 4.21. The van der Waals surface area contributed by atoms with Crippen molar-refractivity contribution >= 4 is 5.97 Å². The number of carboxylic acid groups (broad SMARTS) is 1. The van der Waals surface area contributed by atoms with Gasteiger partial charge in [-0.1, -0.05) is 26.0 Å². The maximum Gasteiger partial charge on any atom is 0.303 e. The first-order chi connectivity index (χ1) is 8.02. The molecular formula is C14H20O3. The number of ether oxygens (including phenoxy) is 1. The molecule has 1 N–H and O–H groups in total. The molecule has 1 aromatic rings. The first-order valence-electron chi connectivity index (χ1n) is 5.88. The van der Waals surface area contributed by atoms with Gasteiger partial charge in [-0.3, -0.25) is 4.79 Å². The lowest BCUT2D eigenvalue weighted by molar-refractivity contribution is -0.137. The molecule has 1 rings (SSSR count). The largest absolute Gasteiger partial charge is 0.497 e. The van der Waals surface area contributed by atoms with Gasteiger partial charge in [0.15, 0.2) is 0 Å². The zero-order valence-electron chi connectivity index (χ0n) is 10.6. The molecule has 17 heavy (non-hydrogen) atoms. The zero-order valence-corrected chi connectivity index (χ0v) is 10.6. The molecule has 3 nitrogen and oxygen atoms in total. The lowest BCUT2D eigenvalue weighted by Gasteiger charge is -2.18. The Balaban J connectivity index is 2.90. The molecule has 0 fully saturated rings. The van der Waals surface area contributed by atoms with Gasteiger partial charge in [0.1, 0.15) is 5.75 Å². The first kappa shape index (κ1) is 13.6. The molecule has 0 saturated heterocycles. The monoisotopic (exact) mass is 236 g/mol. The van der Waals surface area contributed by atoms with Gasteiger partial charge in [-0.25, -0.2) is 0 Å². The normalized spacial score (nSPS) is 12.5. The minimum Gasteiger partial charge on any atom is -0.497 e. The fourth-order valence-electron chi connectivity index (χ4n) is 2.01. The van der Waals surface area contributed by atoms with Crippen LogP contribution in [-0.2, 0) is 4.79 Å². The van der Waals surface area contributed by atoms with E-state index in [9.17, 15) is 4.79 Å². The van der Waals surface area contributed by atoms with E-state index in [1.54, 1.807) is 7.11 Å². The van der Waals surface area contributed by atoms with Crippen LogP contribution in [0.2, 0.25) is 0 Å². The molecule has 1 unspecified atom stereocenters. The summed E-state index contributed by atoms with van der Waals surface area (Å²) in [5.74, 6) is 0.563. The van der Waals surface area contributed by atoms with E-state index >= 15 is 0 Å². The molecule has 0 saturated carbocycles. The molecular weight excluding hydrogens is 216 g/mol. The van der Waals surface area contributed by atoms with Crippen LogP contribution in [0.5, 0.6) is 5.75 Å². The Hall–Kier alpha value is -1.51. The predicted octanol–water partition coefficient (Wildman–Crippen LogP) is 3.30. The Morgan fingerprint density at radius 2 is 2.12 bits per heavy atom. The number of carboxylic acids is 1. The van der Waals surface area contributed by atoms with Gasteiger partial charge in [0, 0.05) is 0 Å². The standard InChI is InChI=1S/C14H20O3/c1-10(2)7-12(9-14(15)16)11-5-4-6-13(8-11)17-3/h4-6,8,10,12H,7,9H2,1-3H3,(H,15,16). The molecule has 0 spiro atoms. The van der Waals surface area contributed by atoms with Crippen molar-refractivity contribution in [2.45, 2.75) is 32.6 Å². The van der Waals surface area contributed by atoms with Crippen LogP contribution < -0.4 is 4.74 Å². The summed E-state index contributed by atoms with van der Waals surface area (Å²) in [6, 6.07) is 7.68. The molecule has 0 aromatic heterocycles. The maximum absolute atomic E-state index is 10.9. The zero-order chi connectivity index (χ0) is 12.8. The summed E-state index contributed by atoms with van der Waals surface area (Å²) in [6.07, 6.45) is 1.05. The highest BCUT2D eigenvalue weighted by molar-refractivity contribution is 5.68. The molecule has 0 aliphatic heterocycles. The van der Waals surface area contributed by atoms with Crippen LogP contribution in [0, 0.1) is 5.92 Å². The number of aliphatic carboxylic acids is 1. The summed E-state index contributed by atoms with van der Waals surface area (Å²) < 4.78 is 5.17. The highest BCUT2D eigenvalue weighted by atomic mass is 16.5. The number of rotatable bonds is 6. The molecule has 94 valence electrons. The van der Waals surface area contributed by atoms with Gasteiger partial charge in [-0.15, -0.1) is 0 Å². The SMILES string of the molecule is COc1cccc(C(CC(=O)O)CC(C)C)c1. The number of hydrogen-bond donors (Lipinski definition) is 1. The summed E-state index contributed by atoms with van der Waals surface area (Å²) in [5, 5.41) is 8.95. The molecule has 1 aromatic carbocycles. The van der Waals surface area contributed by atoms with Crippen LogP contribution >= 0.6 is 0 Å². The third-order valence-electron chi connectivity index (χ3n) is 2.74. The Bertz CT molecular complexity index is 371. The third-order valence-corrected chi connectivity index (χ3v) is 2.74. The second-order valence-electron chi connectivity index (χ2n) is 4.70. The first-order valence-corrected chi connectivity index (χ1v) is 5.88. The highest BCUT2D eigenvalue weighted by Crippen LogP contribution is 2.29. The Kier molecular flexibility index (Phi) is 5.01. The van der Waals surface area contributed by atoms with Crippen molar-refractivity contribution in [3.63, 3.8) is 0 Å². The van der Waals surface area contributed by atoms with Crippen LogP contribution in [-0.4, -0.2) is 18.2 Å². The number of carbonyl (C=O) groups is 1. The molecule has 3 heteroatoms. The van der Waals surface area contributed by atoms with Crippen molar-refractivity contribution in [3.8, 4) is 5.75 Å². The van der Waals surface area contributed by atoms with E-state index in [4.69, 9.17) is 9.84 Å². The molecule has 1 atom stereocenters. The lowest BCUT2D eigenvalue weighted by atomic mass is 9.88. The van der Waals surface area contributed by atoms with Crippen LogP contribution in [0.25, 0.3) is 0 Å². The van der Waals surface area contributed by atoms with Gasteiger partial charge in [0.2, 0.25) is 0 Å². The predicted molar refractivity (Wildman–Crippen MR) is 67.4 cm³/mol. The second-order valence-corrected chi connectivity index (χ2v) is 4.70. The fourth-order valence-corrected chi connectivity index (χ4v) is 2.01. The van der Waals surface area contributed by atoms with Crippen molar-refractivity contribution in [3.05, 3.63) is 29.8 Å². The highest BCUT2D eigenvalue weighted by Gasteiger charge is 2.17. The summed E-state index contributed by atoms with van der Waals surface area (Å²) in [5.41, 5.74) is 1.04. The van der Waals surface area contributed by atoms with Crippen LogP contribution in [0.15, 0.2) is 24.3 Å². The van der Waals surface area contributed by atoms with E-state index in [0.717, 1.165) is 17.7 Å². The van der Waals surface area contributed by atoms with E-state index in [-0.39, 0.29) is 12.3 Å². The molecule has 0 aliphatic rings. The van der Waals surface area contributed by atoms with Gasteiger partial charge in [-0.2, -0.15) is 0 Å². The van der Waals surface area contributed by atoms with Crippen LogP contribution in [0.1, 0.15) is 38.2 Å². The molecule has 0 amide bonds. The minimum atomic E-state index is -0.751. The number of benzene rings is 1. The van der Waals surface area contributed by atoms with Crippen molar-refractivity contribution in [1.82, 2.24) is 0 Å². The van der Waals surface area contributed by atoms with E-state index in [1.807, 2.05) is 24.3 Å². The molecule has 0 aliphatic carbocycles. The van der Waals surface area contributed by atoms with Gasteiger partial charge in [-0.05, 0) is 36.0 Å². The Morgan fingerprint density at radius 1 is 1.41 bits per heavy atom. The fraction of sp³-hybridized carbons (Fsp3) is 0.500. The number of hydrogen-bond acceptors (Lipinski definition) is 2. The van der Waals surface area contributed by atoms with Crippen LogP contribution in [0.3, 0.4) is 0 Å². The van der Waals surface area contributed by atoms with Gasteiger partial charge >= 0.3 is 5.97 Å². The van der Waals surface area contributed by atoms with E-state index in [1.165, 1.54) is 0 Å². The topological polar surface area (TPSA) is 46.5 Å². The molecule has 0 heterocycles. The molecule has 0 bridgehead atoms. The minimum absolute atomic E-state index is 0.0580. The molecule has 0 radical (unpaired) electrons. The van der Waals surface area contributed by atoms with Crippen molar-refractivity contribution in [2.24, 2.45) is 5.92 Å². The van der Waals surface area contributed by atoms with Crippen molar-refractivity contribution < 1.29 is 14.6 Å². The average Bonchev–Trinajstić information content (AvgIpc) is 2.27. The summed E-state index contributed by atoms with van der Waals surface area (Å²) in [4.78, 5) is 10.9. The lowest BCUT2D eigenvalue weighted by Crippen LogP contribution is -2.09. The maximum atomic E-state index is 10.9. The van der Waals surface area contributed by atoms with Gasteiger partial charge in [0.05, 0.1) is 13.5 Å². The average molecular weight is 236 g/mol. The summed E-state index contributed by atoms with van der Waals surface area (Å²) in [7, 11) is 1.62. The van der Waals surface area contributed by atoms with E-state index < -0.39 is 5.97 Å². The number of methoxy groups -OCH3 is 1. The van der Waals surface area contributed by atoms with Gasteiger partial charge < -0.3 is 9.84 Å². The van der Waals surface area contributed by atoms with Crippen LogP contribution in [0.4, 0.5) is 0 Å².